The summed E-state index contributed by atoms with van der Waals surface area (Å²) >= 11 is 0. The zero-order chi connectivity index (χ0) is 9.97. The van der Waals surface area contributed by atoms with Crippen molar-refractivity contribution < 1.29 is 8.78 Å². The van der Waals surface area contributed by atoms with E-state index in [9.17, 15) is 8.78 Å². The first kappa shape index (κ1) is 9.30. The van der Waals surface area contributed by atoms with E-state index in [0.717, 1.165) is 25.9 Å². The van der Waals surface area contributed by atoms with Gasteiger partial charge in [0.25, 0.3) is 0 Å². The Hall–Kier alpha value is -1.26. The van der Waals surface area contributed by atoms with Gasteiger partial charge in [-0.15, -0.1) is 0 Å². The van der Waals surface area contributed by atoms with E-state index in [1.54, 1.807) is 0 Å². The van der Waals surface area contributed by atoms with E-state index in [0.29, 0.717) is 5.82 Å². The summed E-state index contributed by atoms with van der Waals surface area (Å²) < 4.78 is 25.5. The van der Waals surface area contributed by atoms with Crippen LogP contribution in [0.5, 0.6) is 0 Å². The second-order valence-corrected chi connectivity index (χ2v) is 3.37. The minimum absolute atomic E-state index is 0.356. The first-order chi connectivity index (χ1) is 6.75. The van der Waals surface area contributed by atoms with Gasteiger partial charge in [-0.25, -0.2) is 0 Å². The Kier molecular flexibility index (Phi) is 2.56. The summed E-state index contributed by atoms with van der Waals surface area (Å²) in [4.78, 5) is 8.41. The van der Waals surface area contributed by atoms with Crippen LogP contribution in [0, 0.1) is 12.0 Å². The van der Waals surface area contributed by atoms with Crippen molar-refractivity contribution in [2.75, 3.05) is 18.0 Å². The predicted octanol–water partition coefficient (Wildman–Crippen LogP) is 1.75. The van der Waals surface area contributed by atoms with Gasteiger partial charge < -0.3 is 4.90 Å². The van der Waals surface area contributed by atoms with Crippen LogP contribution in [0.1, 0.15) is 19.3 Å². The van der Waals surface area contributed by atoms with E-state index in [1.807, 2.05) is 4.90 Å². The van der Waals surface area contributed by atoms with Crippen LogP contribution in [-0.4, -0.2) is 23.1 Å². The number of piperidine rings is 1. The van der Waals surface area contributed by atoms with E-state index >= 15 is 0 Å². The van der Waals surface area contributed by atoms with E-state index in [-0.39, 0.29) is 0 Å². The molecule has 1 aliphatic heterocycles. The second-order valence-electron chi connectivity index (χ2n) is 3.37. The van der Waals surface area contributed by atoms with Crippen molar-refractivity contribution in [1.82, 2.24) is 9.97 Å². The molecule has 1 aliphatic rings. The predicted molar refractivity (Wildman–Crippen MR) is 48.0 cm³/mol. The van der Waals surface area contributed by atoms with Crippen molar-refractivity contribution in [2.24, 2.45) is 0 Å². The largest absolute Gasteiger partial charge is 0.356 e. The van der Waals surface area contributed by atoms with E-state index in [4.69, 9.17) is 0 Å². The average molecular weight is 199 g/mol. The summed E-state index contributed by atoms with van der Waals surface area (Å²) in [5.41, 5.74) is 0. The standard InChI is InChI=1S/C9H11F2N3/c10-7-6-8(13-9(11)12-7)14-4-2-1-3-5-14/h6H,1-5H2. The molecular weight excluding hydrogens is 188 g/mol. The quantitative estimate of drug-likeness (QED) is 0.509. The van der Waals surface area contributed by atoms with Crippen molar-refractivity contribution in [3.8, 4) is 0 Å². The number of hydrogen-bond donors (Lipinski definition) is 0. The molecule has 2 rings (SSSR count). The molecule has 1 fully saturated rings. The molecule has 0 bridgehead atoms. The molecule has 2 heterocycles. The molecule has 1 aromatic heterocycles. The van der Waals surface area contributed by atoms with Crippen molar-refractivity contribution in [3.63, 3.8) is 0 Å². The SMILES string of the molecule is Fc1cc(N2CCCCC2)nc(F)n1. The highest BCUT2D eigenvalue weighted by Gasteiger charge is 2.14. The Balaban J connectivity index is 2.21. The molecule has 1 saturated heterocycles. The maximum Gasteiger partial charge on any atom is 0.313 e. The van der Waals surface area contributed by atoms with Gasteiger partial charge in [0, 0.05) is 19.2 Å². The highest BCUT2D eigenvalue weighted by Crippen LogP contribution is 2.17. The van der Waals surface area contributed by atoms with Gasteiger partial charge in [-0.1, -0.05) is 0 Å². The minimum atomic E-state index is -0.995. The summed E-state index contributed by atoms with van der Waals surface area (Å²) in [5, 5.41) is 0. The van der Waals surface area contributed by atoms with Crippen molar-refractivity contribution in [2.45, 2.75) is 19.3 Å². The van der Waals surface area contributed by atoms with Crippen LogP contribution in [-0.2, 0) is 0 Å². The van der Waals surface area contributed by atoms with Gasteiger partial charge in [0.15, 0.2) is 0 Å². The van der Waals surface area contributed by atoms with Gasteiger partial charge in [-0.3, -0.25) is 0 Å². The monoisotopic (exact) mass is 199 g/mol. The molecule has 14 heavy (non-hydrogen) atoms. The first-order valence-electron chi connectivity index (χ1n) is 4.71. The Morgan fingerprint density at radius 1 is 1.07 bits per heavy atom. The van der Waals surface area contributed by atoms with Crippen LogP contribution >= 0.6 is 0 Å². The van der Waals surface area contributed by atoms with Crippen LogP contribution < -0.4 is 4.90 Å². The summed E-state index contributed by atoms with van der Waals surface area (Å²) in [6.45, 7) is 1.63. The average Bonchev–Trinajstić information content (AvgIpc) is 2.18. The fraction of sp³-hybridized carbons (Fsp3) is 0.556. The number of hydrogen-bond acceptors (Lipinski definition) is 3. The van der Waals surface area contributed by atoms with Gasteiger partial charge in [0.2, 0.25) is 5.95 Å². The topological polar surface area (TPSA) is 29.0 Å². The molecule has 1 aromatic rings. The lowest BCUT2D eigenvalue weighted by Gasteiger charge is -2.27. The lowest BCUT2D eigenvalue weighted by Crippen LogP contribution is -2.30. The molecule has 5 heteroatoms. The smallest absolute Gasteiger partial charge is 0.313 e. The molecule has 0 aliphatic carbocycles. The molecule has 0 amide bonds. The third-order valence-corrected chi connectivity index (χ3v) is 2.33. The number of anilines is 1. The molecule has 3 nitrogen and oxygen atoms in total. The molecule has 0 spiro atoms. The van der Waals surface area contributed by atoms with Crippen LogP contribution in [0.4, 0.5) is 14.6 Å². The Labute approximate surface area is 80.8 Å². The highest BCUT2D eigenvalue weighted by molar-refractivity contribution is 5.37. The van der Waals surface area contributed by atoms with Gasteiger partial charge >= 0.3 is 6.08 Å². The fourth-order valence-electron chi connectivity index (χ4n) is 1.66. The lowest BCUT2D eigenvalue weighted by molar-refractivity contribution is 0.477. The summed E-state index contributed by atoms with van der Waals surface area (Å²) in [6, 6.07) is 1.18. The van der Waals surface area contributed by atoms with Gasteiger partial charge in [0.1, 0.15) is 5.82 Å². The van der Waals surface area contributed by atoms with Crippen LogP contribution in [0.2, 0.25) is 0 Å². The van der Waals surface area contributed by atoms with Gasteiger partial charge in [-0.05, 0) is 19.3 Å². The maximum absolute atomic E-state index is 12.8. The first-order valence-corrected chi connectivity index (χ1v) is 4.71. The van der Waals surface area contributed by atoms with Crippen LogP contribution in [0.15, 0.2) is 6.07 Å². The third-order valence-electron chi connectivity index (χ3n) is 2.33. The van der Waals surface area contributed by atoms with E-state index < -0.39 is 12.0 Å². The number of rotatable bonds is 1. The summed E-state index contributed by atoms with van der Waals surface area (Å²) in [5.74, 6) is -0.451. The van der Waals surface area contributed by atoms with Crippen molar-refractivity contribution in [1.29, 1.82) is 0 Å². The highest BCUT2D eigenvalue weighted by atomic mass is 19.1. The minimum Gasteiger partial charge on any atom is -0.356 e. The zero-order valence-corrected chi connectivity index (χ0v) is 7.71. The second kappa shape index (κ2) is 3.86. The van der Waals surface area contributed by atoms with Gasteiger partial charge in [-0.2, -0.15) is 18.7 Å². The summed E-state index contributed by atoms with van der Waals surface area (Å²) in [6.07, 6.45) is 2.28. The van der Waals surface area contributed by atoms with E-state index in [2.05, 4.69) is 9.97 Å². The van der Waals surface area contributed by atoms with E-state index in [1.165, 1.54) is 12.5 Å². The van der Waals surface area contributed by atoms with Crippen LogP contribution in [0.25, 0.3) is 0 Å². The Morgan fingerprint density at radius 3 is 2.43 bits per heavy atom. The number of aromatic nitrogens is 2. The Bertz CT molecular complexity index is 304. The molecular formula is C9H11F2N3. The molecule has 0 N–H and O–H groups in total. The summed E-state index contributed by atoms with van der Waals surface area (Å²) in [7, 11) is 0. The third kappa shape index (κ3) is 1.97. The number of nitrogens with zero attached hydrogens (tertiary/aromatic N) is 3. The Morgan fingerprint density at radius 2 is 1.79 bits per heavy atom. The molecule has 0 saturated carbocycles. The number of halogens is 2. The van der Waals surface area contributed by atoms with Crippen molar-refractivity contribution >= 4 is 5.82 Å². The van der Waals surface area contributed by atoms with Gasteiger partial charge in [0.05, 0.1) is 0 Å². The lowest BCUT2D eigenvalue weighted by atomic mass is 10.1. The molecule has 0 unspecified atom stereocenters. The molecule has 0 radical (unpaired) electrons. The van der Waals surface area contributed by atoms with Crippen LogP contribution in [0.3, 0.4) is 0 Å². The maximum atomic E-state index is 12.8. The zero-order valence-electron chi connectivity index (χ0n) is 7.71. The van der Waals surface area contributed by atoms with Crippen molar-refractivity contribution in [3.05, 3.63) is 18.1 Å². The molecule has 76 valence electrons. The normalized spacial score (nSPS) is 17.1. The molecule has 0 atom stereocenters. The molecule has 0 aromatic carbocycles. The fourth-order valence-corrected chi connectivity index (χ4v) is 1.66.